The smallest absolute Gasteiger partial charge is 0.316 e. The molecule has 0 bridgehead atoms. The van der Waals surface area contributed by atoms with Crippen LogP contribution in [0.4, 0.5) is 0 Å². The first-order valence-corrected chi connectivity index (χ1v) is 5.73. The lowest BCUT2D eigenvalue weighted by atomic mass is 9.79. The van der Waals surface area contributed by atoms with Gasteiger partial charge in [0.15, 0.2) is 0 Å². The SMILES string of the molecule is CC(C)c1ccc2c(c1)C(C)(C)C(=O)OC2. The topological polar surface area (TPSA) is 26.3 Å². The lowest BCUT2D eigenvalue weighted by Crippen LogP contribution is -2.36. The molecule has 0 fully saturated rings. The second-order valence-electron chi connectivity index (χ2n) is 5.27. The van der Waals surface area contributed by atoms with E-state index in [9.17, 15) is 4.79 Å². The Morgan fingerprint density at radius 1 is 1.31 bits per heavy atom. The van der Waals surface area contributed by atoms with E-state index in [1.165, 1.54) is 5.56 Å². The average Bonchev–Trinajstić information content (AvgIpc) is 2.23. The molecule has 2 nitrogen and oxygen atoms in total. The van der Waals surface area contributed by atoms with Crippen LogP contribution in [0.3, 0.4) is 0 Å². The summed E-state index contributed by atoms with van der Waals surface area (Å²) in [5.41, 5.74) is 3.02. The fraction of sp³-hybridized carbons (Fsp3) is 0.500. The van der Waals surface area contributed by atoms with Gasteiger partial charge in [0.1, 0.15) is 6.61 Å². The zero-order valence-corrected chi connectivity index (χ0v) is 10.3. The van der Waals surface area contributed by atoms with Crippen molar-refractivity contribution in [3.05, 3.63) is 34.9 Å². The Labute approximate surface area is 96.6 Å². The molecule has 0 atom stereocenters. The molecule has 0 unspecified atom stereocenters. The molecule has 0 N–H and O–H groups in total. The van der Waals surface area contributed by atoms with Gasteiger partial charge in [-0.1, -0.05) is 32.0 Å². The van der Waals surface area contributed by atoms with Gasteiger partial charge in [-0.3, -0.25) is 4.79 Å². The average molecular weight is 218 g/mol. The highest BCUT2D eigenvalue weighted by molar-refractivity contribution is 5.84. The Morgan fingerprint density at radius 2 is 2.00 bits per heavy atom. The standard InChI is InChI=1S/C14H18O2/c1-9(2)10-5-6-11-8-16-13(15)14(3,4)12(11)7-10/h5-7,9H,8H2,1-4H3. The molecule has 0 amide bonds. The van der Waals surface area contributed by atoms with Gasteiger partial charge < -0.3 is 4.74 Å². The van der Waals surface area contributed by atoms with E-state index in [-0.39, 0.29) is 5.97 Å². The quantitative estimate of drug-likeness (QED) is 0.677. The van der Waals surface area contributed by atoms with Crippen molar-refractivity contribution in [2.24, 2.45) is 0 Å². The molecule has 86 valence electrons. The number of carbonyl (C=O) groups is 1. The minimum atomic E-state index is -0.515. The van der Waals surface area contributed by atoms with E-state index >= 15 is 0 Å². The summed E-state index contributed by atoms with van der Waals surface area (Å²) in [5, 5.41) is 0. The molecule has 16 heavy (non-hydrogen) atoms. The van der Waals surface area contributed by atoms with Crippen molar-refractivity contribution < 1.29 is 9.53 Å². The van der Waals surface area contributed by atoms with Crippen LogP contribution in [0.1, 0.15) is 50.3 Å². The summed E-state index contributed by atoms with van der Waals surface area (Å²) >= 11 is 0. The number of benzene rings is 1. The Morgan fingerprint density at radius 3 is 2.62 bits per heavy atom. The van der Waals surface area contributed by atoms with E-state index < -0.39 is 5.41 Å². The highest BCUT2D eigenvalue weighted by atomic mass is 16.5. The maximum absolute atomic E-state index is 11.7. The maximum Gasteiger partial charge on any atom is 0.316 e. The molecular weight excluding hydrogens is 200 g/mol. The number of fused-ring (bicyclic) bond motifs is 1. The molecule has 1 aromatic rings. The molecule has 1 aromatic carbocycles. The third-order valence-corrected chi connectivity index (χ3v) is 3.34. The van der Waals surface area contributed by atoms with E-state index in [1.807, 2.05) is 13.8 Å². The Balaban J connectivity index is 2.55. The fourth-order valence-electron chi connectivity index (χ4n) is 2.09. The number of ether oxygens (including phenoxy) is 1. The van der Waals surface area contributed by atoms with Crippen molar-refractivity contribution in [2.75, 3.05) is 0 Å². The second kappa shape index (κ2) is 3.62. The molecule has 2 heteroatoms. The van der Waals surface area contributed by atoms with E-state index in [2.05, 4.69) is 32.0 Å². The number of cyclic esters (lactones) is 1. The van der Waals surface area contributed by atoms with Crippen molar-refractivity contribution in [2.45, 2.75) is 45.6 Å². The molecule has 0 radical (unpaired) electrons. The van der Waals surface area contributed by atoms with Crippen LogP contribution in [0.2, 0.25) is 0 Å². The molecule has 2 rings (SSSR count). The van der Waals surface area contributed by atoms with Gasteiger partial charge in [0.2, 0.25) is 0 Å². The predicted octanol–water partition coefficient (Wildman–Crippen LogP) is 3.14. The predicted molar refractivity (Wildman–Crippen MR) is 63.4 cm³/mol. The van der Waals surface area contributed by atoms with Crippen LogP contribution < -0.4 is 0 Å². The molecule has 1 aliphatic heterocycles. The van der Waals surface area contributed by atoms with Gasteiger partial charge in [-0.15, -0.1) is 0 Å². The lowest BCUT2D eigenvalue weighted by molar-refractivity contribution is -0.152. The largest absolute Gasteiger partial charge is 0.460 e. The molecule has 0 aromatic heterocycles. The van der Waals surface area contributed by atoms with Gasteiger partial charge in [-0.05, 0) is 36.5 Å². The lowest BCUT2D eigenvalue weighted by Gasteiger charge is -2.31. The van der Waals surface area contributed by atoms with Gasteiger partial charge in [-0.2, -0.15) is 0 Å². The number of hydrogen-bond donors (Lipinski definition) is 0. The van der Waals surface area contributed by atoms with Gasteiger partial charge in [0.25, 0.3) is 0 Å². The minimum absolute atomic E-state index is 0.124. The summed E-state index contributed by atoms with van der Waals surface area (Å²) in [6, 6.07) is 6.36. The van der Waals surface area contributed by atoms with Crippen LogP contribution in [0, 0.1) is 0 Å². The van der Waals surface area contributed by atoms with Crippen molar-refractivity contribution in [3.8, 4) is 0 Å². The van der Waals surface area contributed by atoms with Crippen molar-refractivity contribution in [3.63, 3.8) is 0 Å². The second-order valence-corrected chi connectivity index (χ2v) is 5.27. The third kappa shape index (κ3) is 1.62. The first-order valence-electron chi connectivity index (χ1n) is 5.73. The summed E-state index contributed by atoms with van der Waals surface area (Å²) in [6.07, 6.45) is 0. The summed E-state index contributed by atoms with van der Waals surface area (Å²) in [5.74, 6) is 0.361. The van der Waals surface area contributed by atoms with E-state index in [0.717, 1.165) is 11.1 Å². The zero-order chi connectivity index (χ0) is 11.9. The molecule has 0 aliphatic carbocycles. The molecular formula is C14H18O2. The van der Waals surface area contributed by atoms with Gasteiger partial charge in [0.05, 0.1) is 5.41 Å². The Bertz CT molecular complexity index is 430. The zero-order valence-electron chi connectivity index (χ0n) is 10.3. The highest BCUT2D eigenvalue weighted by Gasteiger charge is 2.37. The van der Waals surface area contributed by atoms with E-state index in [4.69, 9.17) is 4.74 Å². The molecule has 0 saturated carbocycles. The Kier molecular flexibility index (Phi) is 2.53. The van der Waals surface area contributed by atoms with Crippen LogP contribution >= 0.6 is 0 Å². The van der Waals surface area contributed by atoms with Crippen LogP contribution in [-0.4, -0.2) is 5.97 Å². The molecule has 0 saturated heterocycles. The maximum atomic E-state index is 11.7. The molecule has 1 heterocycles. The van der Waals surface area contributed by atoms with Gasteiger partial charge in [0, 0.05) is 0 Å². The first kappa shape index (κ1) is 11.2. The highest BCUT2D eigenvalue weighted by Crippen LogP contribution is 2.34. The Hall–Kier alpha value is -1.31. The summed E-state index contributed by atoms with van der Waals surface area (Å²) < 4.78 is 5.18. The monoisotopic (exact) mass is 218 g/mol. The van der Waals surface area contributed by atoms with Crippen molar-refractivity contribution in [1.29, 1.82) is 0 Å². The van der Waals surface area contributed by atoms with E-state index in [0.29, 0.717) is 12.5 Å². The summed E-state index contributed by atoms with van der Waals surface area (Å²) in [7, 11) is 0. The number of rotatable bonds is 1. The number of carbonyl (C=O) groups excluding carboxylic acids is 1. The van der Waals surface area contributed by atoms with Crippen LogP contribution in [0.25, 0.3) is 0 Å². The van der Waals surface area contributed by atoms with Crippen LogP contribution in [0.15, 0.2) is 18.2 Å². The molecule has 0 spiro atoms. The summed E-state index contributed by atoms with van der Waals surface area (Å²) in [4.78, 5) is 11.7. The number of esters is 1. The first-order chi connectivity index (χ1) is 7.43. The number of hydrogen-bond acceptors (Lipinski definition) is 2. The van der Waals surface area contributed by atoms with Crippen LogP contribution in [0.5, 0.6) is 0 Å². The third-order valence-electron chi connectivity index (χ3n) is 3.34. The van der Waals surface area contributed by atoms with Crippen LogP contribution in [-0.2, 0) is 21.6 Å². The molecule has 1 aliphatic rings. The normalized spacial score (nSPS) is 18.2. The van der Waals surface area contributed by atoms with E-state index in [1.54, 1.807) is 0 Å². The van der Waals surface area contributed by atoms with Crippen molar-refractivity contribution in [1.82, 2.24) is 0 Å². The minimum Gasteiger partial charge on any atom is -0.460 e. The van der Waals surface area contributed by atoms with Gasteiger partial charge in [-0.25, -0.2) is 0 Å². The summed E-state index contributed by atoms with van der Waals surface area (Å²) in [6.45, 7) is 8.59. The van der Waals surface area contributed by atoms with Gasteiger partial charge >= 0.3 is 5.97 Å². The fourth-order valence-corrected chi connectivity index (χ4v) is 2.09. The van der Waals surface area contributed by atoms with Crippen molar-refractivity contribution >= 4 is 5.97 Å².